The molecule has 2 nitrogen and oxygen atoms in total. The minimum atomic E-state index is -0.154. The lowest BCUT2D eigenvalue weighted by atomic mass is 9.54. The van der Waals surface area contributed by atoms with Gasteiger partial charge in [0.1, 0.15) is 0 Å². The molecule has 0 aromatic rings. The van der Waals surface area contributed by atoms with Crippen LogP contribution in [0.5, 0.6) is 0 Å². The molecular weight excluding hydrogens is 176 g/mol. The third kappa shape index (κ3) is 1.10. The first-order chi connectivity index (χ1) is 6.31. The largest absolute Gasteiger partial charge is 0.393 e. The van der Waals surface area contributed by atoms with Crippen LogP contribution in [0, 0.1) is 5.41 Å². The van der Waals surface area contributed by atoms with Crippen LogP contribution in [0.3, 0.4) is 0 Å². The molecule has 0 amide bonds. The lowest BCUT2D eigenvalue weighted by molar-refractivity contribution is -0.370. The molecule has 1 heterocycles. The summed E-state index contributed by atoms with van der Waals surface area (Å²) in [6, 6.07) is 0. The molecule has 1 saturated heterocycles. The molecule has 0 aromatic heterocycles. The standard InChI is InChI=1S/C12H22O2/c1-10(2)11(3,4)14-12(10)7-5-6-9(13)8-12/h9,13H,5-8H2,1-4H3/t9-,12-/m0/s1. The second-order valence-electron chi connectivity index (χ2n) is 5.98. The highest BCUT2D eigenvalue weighted by Gasteiger charge is 2.66. The van der Waals surface area contributed by atoms with Gasteiger partial charge in [0.15, 0.2) is 0 Å². The summed E-state index contributed by atoms with van der Waals surface area (Å²) in [7, 11) is 0. The van der Waals surface area contributed by atoms with Crippen molar-refractivity contribution in [3.63, 3.8) is 0 Å². The Morgan fingerprint density at radius 1 is 1.21 bits per heavy atom. The van der Waals surface area contributed by atoms with Crippen molar-refractivity contribution < 1.29 is 9.84 Å². The lowest BCUT2D eigenvalue weighted by Crippen LogP contribution is -2.73. The number of ether oxygens (including phenoxy) is 1. The zero-order valence-electron chi connectivity index (χ0n) is 9.76. The highest BCUT2D eigenvalue weighted by Crippen LogP contribution is 2.62. The van der Waals surface area contributed by atoms with Crippen molar-refractivity contribution in [1.82, 2.24) is 0 Å². The highest BCUT2D eigenvalue weighted by molar-refractivity contribution is 5.14. The fourth-order valence-corrected chi connectivity index (χ4v) is 3.11. The van der Waals surface area contributed by atoms with Crippen molar-refractivity contribution in [1.29, 1.82) is 0 Å². The summed E-state index contributed by atoms with van der Waals surface area (Å²) in [6.07, 6.45) is 3.82. The quantitative estimate of drug-likeness (QED) is 0.648. The van der Waals surface area contributed by atoms with Gasteiger partial charge in [-0.2, -0.15) is 0 Å². The molecule has 2 rings (SSSR count). The monoisotopic (exact) mass is 198 g/mol. The molecule has 1 spiro atoms. The van der Waals surface area contributed by atoms with Gasteiger partial charge in [-0.25, -0.2) is 0 Å². The Morgan fingerprint density at radius 3 is 2.29 bits per heavy atom. The molecule has 1 aliphatic carbocycles. The topological polar surface area (TPSA) is 29.5 Å². The van der Waals surface area contributed by atoms with E-state index in [1.165, 1.54) is 0 Å². The molecule has 14 heavy (non-hydrogen) atoms. The Kier molecular flexibility index (Phi) is 2.04. The van der Waals surface area contributed by atoms with E-state index in [0.29, 0.717) is 0 Å². The lowest BCUT2D eigenvalue weighted by Gasteiger charge is -2.68. The highest BCUT2D eigenvalue weighted by atomic mass is 16.6. The van der Waals surface area contributed by atoms with Gasteiger partial charge in [0.05, 0.1) is 17.3 Å². The van der Waals surface area contributed by atoms with Gasteiger partial charge in [0, 0.05) is 11.8 Å². The van der Waals surface area contributed by atoms with Crippen LogP contribution in [0.15, 0.2) is 0 Å². The number of aliphatic hydroxyl groups excluding tert-OH is 1. The Bertz CT molecular complexity index is 241. The van der Waals surface area contributed by atoms with Gasteiger partial charge in [-0.15, -0.1) is 0 Å². The van der Waals surface area contributed by atoms with Crippen LogP contribution in [-0.4, -0.2) is 22.4 Å². The Morgan fingerprint density at radius 2 is 1.86 bits per heavy atom. The Hall–Kier alpha value is -0.0800. The van der Waals surface area contributed by atoms with Gasteiger partial charge in [0.2, 0.25) is 0 Å². The first-order valence-corrected chi connectivity index (χ1v) is 5.69. The molecule has 2 atom stereocenters. The first kappa shape index (κ1) is 10.4. The third-order valence-electron chi connectivity index (χ3n) is 4.78. The van der Waals surface area contributed by atoms with E-state index >= 15 is 0 Å². The SMILES string of the molecule is CC1(C)O[C@]2(CCC[C@H](O)C2)C1(C)C. The minimum absolute atomic E-state index is 0.0376. The van der Waals surface area contributed by atoms with E-state index in [-0.39, 0.29) is 22.7 Å². The van der Waals surface area contributed by atoms with Crippen molar-refractivity contribution >= 4 is 0 Å². The van der Waals surface area contributed by atoms with Crippen LogP contribution in [0.4, 0.5) is 0 Å². The second-order valence-corrected chi connectivity index (χ2v) is 5.98. The van der Waals surface area contributed by atoms with Crippen LogP contribution >= 0.6 is 0 Å². The van der Waals surface area contributed by atoms with E-state index in [4.69, 9.17) is 4.74 Å². The average molecular weight is 198 g/mol. The van der Waals surface area contributed by atoms with Crippen molar-refractivity contribution in [3.05, 3.63) is 0 Å². The molecule has 82 valence electrons. The van der Waals surface area contributed by atoms with Crippen LogP contribution < -0.4 is 0 Å². The predicted molar refractivity (Wildman–Crippen MR) is 56.2 cm³/mol. The normalized spacial score (nSPS) is 44.8. The van der Waals surface area contributed by atoms with Gasteiger partial charge in [-0.1, -0.05) is 13.8 Å². The minimum Gasteiger partial charge on any atom is -0.393 e. The number of hydrogen-bond acceptors (Lipinski definition) is 2. The number of aliphatic hydroxyl groups is 1. The Balaban J connectivity index is 2.20. The molecule has 2 aliphatic rings. The van der Waals surface area contributed by atoms with Gasteiger partial charge in [-0.3, -0.25) is 0 Å². The zero-order valence-corrected chi connectivity index (χ0v) is 9.76. The maximum atomic E-state index is 9.73. The van der Waals surface area contributed by atoms with E-state index in [2.05, 4.69) is 27.7 Å². The molecule has 1 N–H and O–H groups in total. The van der Waals surface area contributed by atoms with Crippen LogP contribution in [0.2, 0.25) is 0 Å². The Labute approximate surface area is 86.6 Å². The fourth-order valence-electron chi connectivity index (χ4n) is 3.11. The molecule has 0 radical (unpaired) electrons. The summed E-state index contributed by atoms with van der Waals surface area (Å²) >= 11 is 0. The summed E-state index contributed by atoms with van der Waals surface area (Å²) in [6.45, 7) is 8.85. The van der Waals surface area contributed by atoms with Gasteiger partial charge >= 0.3 is 0 Å². The molecule has 1 saturated carbocycles. The van der Waals surface area contributed by atoms with E-state index < -0.39 is 0 Å². The average Bonchev–Trinajstić information content (AvgIpc) is 2.02. The molecule has 2 heteroatoms. The zero-order chi connectivity index (χ0) is 10.6. The molecule has 0 unspecified atom stereocenters. The summed E-state index contributed by atoms with van der Waals surface area (Å²) < 4.78 is 6.08. The van der Waals surface area contributed by atoms with E-state index in [1.54, 1.807) is 0 Å². The predicted octanol–water partition coefficient (Wildman–Crippen LogP) is 2.50. The van der Waals surface area contributed by atoms with Gasteiger partial charge in [-0.05, 0) is 33.1 Å². The van der Waals surface area contributed by atoms with Crippen molar-refractivity contribution in [2.24, 2.45) is 5.41 Å². The van der Waals surface area contributed by atoms with E-state index in [9.17, 15) is 5.11 Å². The molecule has 2 fully saturated rings. The number of hydrogen-bond donors (Lipinski definition) is 1. The van der Waals surface area contributed by atoms with Crippen molar-refractivity contribution in [3.8, 4) is 0 Å². The second kappa shape index (κ2) is 2.73. The molecule has 1 aliphatic heterocycles. The summed E-state index contributed by atoms with van der Waals surface area (Å²) in [4.78, 5) is 0. The van der Waals surface area contributed by atoms with Gasteiger partial charge < -0.3 is 9.84 Å². The summed E-state index contributed by atoms with van der Waals surface area (Å²) in [5, 5.41) is 9.73. The fraction of sp³-hybridized carbons (Fsp3) is 1.00. The van der Waals surface area contributed by atoms with Crippen LogP contribution in [0.25, 0.3) is 0 Å². The summed E-state index contributed by atoms with van der Waals surface area (Å²) in [5.74, 6) is 0. The third-order valence-corrected chi connectivity index (χ3v) is 4.78. The summed E-state index contributed by atoms with van der Waals surface area (Å²) in [5.41, 5.74) is 0.0969. The maximum absolute atomic E-state index is 9.73. The molecule has 0 aromatic carbocycles. The molecular formula is C12H22O2. The first-order valence-electron chi connectivity index (χ1n) is 5.69. The van der Waals surface area contributed by atoms with Crippen molar-refractivity contribution in [2.75, 3.05) is 0 Å². The van der Waals surface area contributed by atoms with Crippen LogP contribution in [-0.2, 0) is 4.74 Å². The van der Waals surface area contributed by atoms with Gasteiger partial charge in [0.25, 0.3) is 0 Å². The van der Waals surface area contributed by atoms with Crippen LogP contribution in [0.1, 0.15) is 53.4 Å². The number of rotatable bonds is 0. The smallest absolute Gasteiger partial charge is 0.0792 e. The van der Waals surface area contributed by atoms with E-state index in [1.807, 2.05) is 0 Å². The molecule has 0 bridgehead atoms. The van der Waals surface area contributed by atoms with Crippen molar-refractivity contribution in [2.45, 2.75) is 70.7 Å². The maximum Gasteiger partial charge on any atom is 0.0792 e. The van der Waals surface area contributed by atoms with E-state index in [0.717, 1.165) is 25.7 Å².